The van der Waals surface area contributed by atoms with Gasteiger partial charge in [-0.05, 0) is 43.3 Å². The Bertz CT molecular complexity index is 750. The van der Waals surface area contributed by atoms with Crippen molar-refractivity contribution in [2.24, 2.45) is 0 Å². The lowest BCUT2D eigenvalue weighted by atomic mass is 10.2. The van der Waals surface area contributed by atoms with Gasteiger partial charge in [-0.1, -0.05) is 0 Å². The third-order valence-electron chi connectivity index (χ3n) is 2.94. The minimum absolute atomic E-state index is 0.180. The zero-order valence-corrected chi connectivity index (χ0v) is 14.0. The first-order valence-corrected chi connectivity index (χ1v) is 7.80. The zero-order chi connectivity index (χ0) is 16.8. The molecule has 5 nitrogen and oxygen atoms in total. The molecule has 2 N–H and O–H groups in total. The Morgan fingerprint density at radius 1 is 1.17 bits per heavy atom. The van der Waals surface area contributed by atoms with Crippen molar-refractivity contribution in [2.75, 3.05) is 17.7 Å². The normalized spacial score (nSPS) is 10.6. The van der Waals surface area contributed by atoms with E-state index in [1.165, 1.54) is 25.0 Å². The predicted octanol–water partition coefficient (Wildman–Crippen LogP) is 3.68. The van der Waals surface area contributed by atoms with Crippen LogP contribution in [0.1, 0.15) is 16.7 Å². The molecule has 0 aliphatic heterocycles. The van der Waals surface area contributed by atoms with Crippen molar-refractivity contribution in [1.29, 1.82) is 0 Å². The molecule has 0 aliphatic carbocycles. The maximum atomic E-state index is 12.1. The molecule has 0 spiro atoms. The number of hydrogen-bond donors (Lipinski definition) is 2. The Morgan fingerprint density at radius 3 is 2.57 bits per heavy atom. The molecule has 2 aromatic rings. The van der Waals surface area contributed by atoms with Crippen molar-refractivity contribution in [3.05, 3.63) is 46.2 Å². The first-order valence-electron chi connectivity index (χ1n) is 6.99. The van der Waals surface area contributed by atoms with Gasteiger partial charge in [-0.3, -0.25) is 9.59 Å². The van der Waals surface area contributed by atoms with Crippen LogP contribution in [0.5, 0.6) is 5.75 Å². The monoisotopic (exact) mass is 330 g/mol. The molecule has 1 aromatic heterocycles. The summed E-state index contributed by atoms with van der Waals surface area (Å²) in [7, 11) is 1.52. The molecular weight excluding hydrogens is 312 g/mol. The van der Waals surface area contributed by atoms with Gasteiger partial charge in [0.15, 0.2) is 0 Å². The SMILES string of the molecule is COc1ccc(NC(C)=O)cc1NC(=O)/C=C\c1ccc(C)s1. The van der Waals surface area contributed by atoms with Crippen LogP contribution in [0, 0.1) is 6.92 Å². The molecule has 0 unspecified atom stereocenters. The highest BCUT2D eigenvalue weighted by molar-refractivity contribution is 7.12. The summed E-state index contributed by atoms with van der Waals surface area (Å²) < 4.78 is 5.22. The number of aryl methyl sites for hydroxylation is 1. The number of amides is 2. The van der Waals surface area contributed by atoms with E-state index in [4.69, 9.17) is 4.74 Å². The average Bonchev–Trinajstić information content (AvgIpc) is 2.90. The van der Waals surface area contributed by atoms with E-state index in [1.54, 1.807) is 35.6 Å². The molecule has 0 saturated heterocycles. The van der Waals surface area contributed by atoms with Crippen molar-refractivity contribution in [3.63, 3.8) is 0 Å². The van der Waals surface area contributed by atoms with Crippen LogP contribution in [0.15, 0.2) is 36.4 Å². The van der Waals surface area contributed by atoms with Crippen LogP contribution in [0.3, 0.4) is 0 Å². The smallest absolute Gasteiger partial charge is 0.248 e. The van der Waals surface area contributed by atoms with Gasteiger partial charge in [-0.25, -0.2) is 0 Å². The molecule has 0 radical (unpaired) electrons. The first-order chi connectivity index (χ1) is 11.0. The van der Waals surface area contributed by atoms with Gasteiger partial charge in [-0.2, -0.15) is 0 Å². The van der Waals surface area contributed by atoms with Crippen LogP contribution in [0.25, 0.3) is 6.08 Å². The van der Waals surface area contributed by atoms with Crippen LogP contribution in [-0.4, -0.2) is 18.9 Å². The van der Waals surface area contributed by atoms with Gasteiger partial charge in [-0.15, -0.1) is 11.3 Å². The van der Waals surface area contributed by atoms with E-state index in [2.05, 4.69) is 10.6 Å². The number of nitrogens with one attached hydrogen (secondary N) is 2. The molecule has 120 valence electrons. The molecule has 1 heterocycles. The average molecular weight is 330 g/mol. The van der Waals surface area contributed by atoms with E-state index >= 15 is 0 Å². The maximum absolute atomic E-state index is 12.1. The number of benzene rings is 1. The van der Waals surface area contributed by atoms with Crippen molar-refractivity contribution in [3.8, 4) is 5.75 Å². The number of ether oxygens (including phenoxy) is 1. The Hall–Kier alpha value is -2.60. The molecule has 2 rings (SSSR count). The van der Waals surface area contributed by atoms with Crippen LogP contribution in [0.2, 0.25) is 0 Å². The molecule has 0 aliphatic rings. The topological polar surface area (TPSA) is 67.4 Å². The summed E-state index contributed by atoms with van der Waals surface area (Å²) in [5, 5.41) is 5.42. The Labute approximate surface area is 139 Å². The van der Waals surface area contributed by atoms with E-state index in [-0.39, 0.29) is 11.8 Å². The molecule has 2 amide bonds. The molecule has 1 aromatic carbocycles. The van der Waals surface area contributed by atoms with Gasteiger partial charge in [0.05, 0.1) is 12.8 Å². The highest BCUT2D eigenvalue weighted by Gasteiger charge is 2.08. The van der Waals surface area contributed by atoms with Crippen LogP contribution < -0.4 is 15.4 Å². The van der Waals surface area contributed by atoms with Gasteiger partial charge >= 0.3 is 0 Å². The standard InChI is InChI=1S/C17H18N2O3S/c1-11-4-6-14(23-11)7-9-17(21)19-15-10-13(18-12(2)20)5-8-16(15)22-3/h4-10H,1-3H3,(H,18,20)(H,19,21)/b9-7-. The predicted molar refractivity (Wildman–Crippen MR) is 94.0 cm³/mol. The minimum atomic E-state index is -0.269. The third kappa shape index (κ3) is 4.96. The van der Waals surface area contributed by atoms with Gasteiger partial charge in [0, 0.05) is 28.4 Å². The summed E-state index contributed by atoms with van der Waals surface area (Å²) in [6, 6.07) is 9.01. The Kier molecular flexibility index (Phi) is 5.54. The number of carbonyl (C=O) groups excluding carboxylic acids is 2. The lowest BCUT2D eigenvalue weighted by molar-refractivity contribution is -0.114. The van der Waals surface area contributed by atoms with E-state index in [9.17, 15) is 9.59 Å². The Morgan fingerprint density at radius 2 is 1.96 bits per heavy atom. The molecule has 0 fully saturated rings. The van der Waals surface area contributed by atoms with E-state index in [0.29, 0.717) is 17.1 Å². The minimum Gasteiger partial charge on any atom is -0.495 e. The second-order valence-electron chi connectivity index (χ2n) is 4.87. The second-order valence-corrected chi connectivity index (χ2v) is 6.19. The fraction of sp³-hybridized carbons (Fsp3) is 0.176. The number of carbonyl (C=O) groups is 2. The van der Waals surface area contributed by atoms with Crippen LogP contribution in [0.4, 0.5) is 11.4 Å². The summed E-state index contributed by atoms with van der Waals surface area (Å²) in [6.45, 7) is 3.44. The lowest BCUT2D eigenvalue weighted by Crippen LogP contribution is -2.10. The van der Waals surface area contributed by atoms with Gasteiger partial charge in [0.2, 0.25) is 11.8 Å². The summed E-state index contributed by atoms with van der Waals surface area (Å²) >= 11 is 1.61. The van der Waals surface area contributed by atoms with Gasteiger partial charge < -0.3 is 15.4 Å². The number of thiophene rings is 1. The number of rotatable bonds is 5. The fourth-order valence-electron chi connectivity index (χ4n) is 1.96. The van der Waals surface area contributed by atoms with Crippen LogP contribution in [-0.2, 0) is 9.59 Å². The third-order valence-corrected chi connectivity index (χ3v) is 3.90. The number of anilines is 2. The molecule has 0 saturated carbocycles. The largest absolute Gasteiger partial charge is 0.495 e. The number of methoxy groups -OCH3 is 1. The Balaban J connectivity index is 2.12. The zero-order valence-electron chi connectivity index (χ0n) is 13.2. The highest BCUT2D eigenvalue weighted by Crippen LogP contribution is 2.28. The van der Waals surface area contributed by atoms with E-state index in [1.807, 2.05) is 19.1 Å². The lowest BCUT2D eigenvalue weighted by Gasteiger charge is -2.11. The van der Waals surface area contributed by atoms with E-state index in [0.717, 1.165) is 4.88 Å². The number of hydrogen-bond acceptors (Lipinski definition) is 4. The quantitative estimate of drug-likeness (QED) is 0.822. The summed E-state index contributed by atoms with van der Waals surface area (Å²) in [6.07, 6.45) is 3.23. The van der Waals surface area contributed by atoms with Gasteiger partial charge in [0.1, 0.15) is 5.75 Å². The molecular formula is C17H18N2O3S. The fourth-order valence-corrected chi connectivity index (χ4v) is 2.74. The molecule has 6 heteroatoms. The molecule has 23 heavy (non-hydrogen) atoms. The van der Waals surface area contributed by atoms with Crippen molar-refractivity contribution < 1.29 is 14.3 Å². The van der Waals surface area contributed by atoms with Crippen LogP contribution >= 0.6 is 11.3 Å². The van der Waals surface area contributed by atoms with Gasteiger partial charge in [0.25, 0.3) is 0 Å². The summed E-state index contributed by atoms with van der Waals surface area (Å²) in [5.74, 6) is 0.0718. The molecule has 0 atom stereocenters. The summed E-state index contributed by atoms with van der Waals surface area (Å²) in [4.78, 5) is 25.4. The maximum Gasteiger partial charge on any atom is 0.248 e. The van der Waals surface area contributed by atoms with Crippen molar-refractivity contribution in [2.45, 2.75) is 13.8 Å². The van der Waals surface area contributed by atoms with Crippen molar-refractivity contribution in [1.82, 2.24) is 0 Å². The molecule has 0 bridgehead atoms. The highest BCUT2D eigenvalue weighted by atomic mass is 32.1. The van der Waals surface area contributed by atoms with E-state index < -0.39 is 0 Å². The summed E-state index contributed by atoms with van der Waals surface area (Å²) in [5.41, 5.74) is 1.09. The van der Waals surface area contributed by atoms with Crippen molar-refractivity contribution >= 4 is 40.6 Å². The second kappa shape index (κ2) is 7.60. The first kappa shape index (κ1) is 16.8.